The lowest BCUT2D eigenvalue weighted by atomic mass is 10.1. The van der Waals surface area contributed by atoms with Crippen molar-refractivity contribution >= 4 is 22.9 Å². The molecule has 1 aromatic rings. The van der Waals surface area contributed by atoms with Crippen molar-refractivity contribution in [3.63, 3.8) is 0 Å². The van der Waals surface area contributed by atoms with Gasteiger partial charge < -0.3 is 0 Å². The maximum absolute atomic E-state index is 10.4. The van der Waals surface area contributed by atoms with Crippen LogP contribution in [0.3, 0.4) is 0 Å². The van der Waals surface area contributed by atoms with Gasteiger partial charge in [-0.15, -0.1) is 0 Å². The summed E-state index contributed by atoms with van der Waals surface area (Å²) in [6.07, 6.45) is 3.06. The summed E-state index contributed by atoms with van der Waals surface area (Å²) in [6, 6.07) is 6.00. The first-order valence-electron chi connectivity index (χ1n) is 4.04. The quantitative estimate of drug-likeness (QED) is 0.523. The van der Waals surface area contributed by atoms with E-state index in [1.165, 1.54) is 17.2 Å². The summed E-state index contributed by atoms with van der Waals surface area (Å²) >= 11 is 5.17. The van der Waals surface area contributed by atoms with Gasteiger partial charge in [0.25, 0.3) is 0 Å². The van der Waals surface area contributed by atoms with E-state index in [2.05, 4.69) is 6.92 Å². The van der Waals surface area contributed by atoms with Crippen LogP contribution in [-0.4, -0.2) is 5.24 Å². The van der Waals surface area contributed by atoms with Crippen molar-refractivity contribution in [1.82, 2.24) is 0 Å². The fourth-order valence-corrected chi connectivity index (χ4v) is 1.09. The SMILES string of the molecule is Cc1ccc(/C=C/C(=O)Cl)cc1C. The summed E-state index contributed by atoms with van der Waals surface area (Å²) < 4.78 is 0. The maximum atomic E-state index is 10.4. The van der Waals surface area contributed by atoms with Crippen molar-refractivity contribution < 1.29 is 4.79 Å². The van der Waals surface area contributed by atoms with Crippen LogP contribution >= 0.6 is 11.6 Å². The molecule has 1 rings (SSSR count). The summed E-state index contributed by atoms with van der Waals surface area (Å²) in [4.78, 5) is 10.4. The lowest BCUT2D eigenvalue weighted by Crippen LogP contribution is -1.82. The largest absolute Gasteiger partial charge is 0.276 e. The van der Waals surface area contributed by atoms with Gasteiger partial charge in [-0.3, -0.25) is 4.79 Å². The van der Waals surface area contributed by atoms with Gasteiger partial charge in [-0.2, -0.15) is 0 Å². The average molecular weight is 195 g/mol. The van der Waals surface area contributed by atoms with E-state index in [1.54, 1.807) is 6.08 Å². The second kappa shape index (κ2) is 4.24. The van der Waals surface area contributed by atoms with E-state index in [-0.39, 0.29) is 0 Å². The summed E-state index contributed by atoms with van der Waals surface area (Å²) in [5.41, 5.74) is 3.45. The molecule has 2 heteroatoms. The van der Waals surface area contributed by atoms with Gasteiger partial charge >= 0.3 is 0 Å². The Bertz CT molecular complexity index is 353. The highest BCUT2D eigenvalue weighted by atomic mass is 35.5. The molecule has 0 radical (unpaired) electrons. The Hall–Kier alpha value is -1.08. The van der Waals surface area contributed by atoms with Crippen LogP contribution in [0, 0.1) is 13.8 Å². The van der Waals surface area contributed by atoms with Gasteiger partial charge in [0.05, 0.1) is 0 Å². The van der Waals surface area contributed by atoms with Crippen LogP contribution in [0.1, 0.15) is 16.7 Å². The molecule has 0 amide bonds. The van der Waals surface area contributed by atoms with Gasteiger partial charge in [0.2, 0.25) is 5.24 Å². The van der Waals surface area contributed by atoms with Crippen molar-refractivity contribution in [1.29, 1.82) is 0 Å². The molecule has 0 aliphatic carbocycles. The van der Waals surface area contributed by atoms with Crippen molar-refractivity contribution in [3.05, 3.63) is 41.0 Å². The zero-order valence-electron chi connectivity index (χ0n) is 7.67. The normalized spacial score (nSPS) is 10.7. The minimum Gasteiger partial charge on any atom is -0.276 e. The molecule has 0 N–H and O–H groups in total. The summed E-state index contributed by atoms with van der Waals surface area (Å²) in [5.74, 6) is 0. The van der Waals surface area contributed by atoms with Gasteiger partial charge in [-0.25, -0.2) is 0 Å². The minimum atomic E-state index is -0.446. The smallest absolute Gasteiger partial charge is 0.245 e. The molecule has 13 heavy (non-hydrogen) atoms. The Morgan fingerprint density at radius 3 is 2.54 bits per heavy atom. The number of hydrogen-bond donors (Lipinski definition) is 0. The Balaban J connectivity index is 2.92. The van der Waals surface area contributed by atoms with E-state index in [0.717, 1.165) is 5.56 Å². The minimum absolute atomic E-state index is 0.446. The van der Waals surface area contributed by atoms with Gasteiger partial charge in [-0.05, 0) is 48.2 Å². The summed E-state index contributed by atoms with van der Waals surface area (Å²) in [5, 5.41) is -0.446. The first-order valence-corrected chi connectivity index (χ1v) is 4.42. The van der Waals surface area contributed by atoms with E-state index >= 15 is 0 Å². The van der Waals surface area contributed by atoms with Crippen molar-refractivity contribution in [2.24, 2.45) is 0 Å². The van der Waals surface area contributed by atoms with Crippen molar-refractivity contribution in [2.75, 3.05) is 0 Å². The lowest BCUT2D eigenvalue weighted by Gasteiger charge is -1.99. The number of benzene rings is 1. The van der Waals surface area contributed by atoms with E-state index in [4.69, 9.17) is 11.6 Å². The third-order valence-electron chi connectivity index (χ3n) is 1.94. The van der Waals surface area contributed by atoms with E-state index in [9.17, 15) is 4.79 Å². The summed E-state index contributed by atoms with van der Waals surface area (Å²) in [7, 11) is 0. The highest BCUT2D eigenvalue weighted by Crippen LogP contribution is 2.11. The van der Waals surface area contributed by atoms with E-state index in [1.807, 2.05) is 25.1 Å². The molecule has 0 fully saturated rings. The molecule has 0 bridgehead atoms. The Morgan fingerprint density at radius 2 is 2.00 bits per heavy atom. The molecule has 0 saturated carbocycles. The molecule has 0 heterocycles. The standard InChI is InChI=1S/C11H11ClO/c1-8-3-4-10(7-9(8)2)5-6-11(12)13/h3-7H,1-2H3/b6-5+. The zero-order chi connectivity index (χ0) is 9.84. The van der Waals surface area contributed by atoms with Crippen LogP contribution in [0.25, 0.3) is 6.08 Å². The number of aryl methyl sites for hydroxylation is 2. The Kier molecular flexibility index (Phi) is 3.26. The highest BCUT2D eigenvalue weighted by Gasteiger charge is 1.93. The predicted molar refractivity (Wildman–Crippen MR) is 55.8 cm³/mol. The Labute approximate surface area is 83.0 Å². The van der Waals surface area contributed by atoms with Crippen LogP contribution in [0.15, 0.2) is 24.3 Å². The van der Waals surface area contributed by atoms with Crippen LogP contribution in [0.2, 0.25) is 0 Å². The number of hydrogen-bond acceptors (Lipinski definition) is 1. The van der Waals surface area contributed by atoms with Crippen LogP contribution < -0.4 is 0 Å². The monoisotopic (exact) mass is 194 g/mol. The molecule has 0 atom stereocenters. The molecular formula is C11H11ClO. The molecule has 0 unspecified atom stereocenters. The first kappa shape index (κ1) is 10.0. The molecule has 0 aliphatic heterocycles. The molecule has 0 spiro atoms. The van der Waals surface area contributed by atoms with Gasteiger partial charge in [0.1, 0.15) is 0 Å². The van der Waals surface area contributed by atoms with Crippen LogP contribution in [0.4, 0.5) is 0 Å². The zero-order valence-corrected chi connectivity index (χ0v) is 8.43. The van der Waals surface area contributed by atoms with Crippen LogP contribution in [0.5, 0.6) is 0 Å². The fourth-order valence-electron chi connectivity index (χ4n) is 1.03. The number of halogens is 1. The predicted octanol–water partition coefficient (Wildman–Crippen LogP) is 3.08. The molecule has 0 aromatic heterocycles. The fraction of sp³-hybridized carbons (Fsp3) is 0.182. The molecule has 1 nitrogen and oxygen atoms in total. The van der Waals surface area contributed by atoms with Crippen molar-refractivity contribution in [3.8, 4) is 0 Å². The maximum Gasteiger partial charge on any atom is 0.245 e. The van der Waals surface area contributed by atoms with Gasteiger partial charge in [0, 0.05) is 0 Å². The molecule has 0 saturated heterocycles. The number of rotatable bonds is 2. The molecule has 1 aromatic carbocycles. The van der Waals surface area contributed by atoms with Gasteiger partial charge in [0.15, 0.2) is 0 Å². The van der Waals surface area contributed by atoms with Crippen molar-refractivity contribution in [2.45, 2.75) is 13.8 Å². The van der Waals surface area contributed by atoms with E-state index < -0.39 is 5.24 Å². The third kappa shape index (κ3) is 3.03. The third-order valence-corrected chi connectivity index (χ3v) is 2.06. The Morgan fingerprint density at radius 1 is 1.31 bits per heavy atom. The molecular weight excluding hydrogens is 184 g/mol. The first-order chi connectivity index (χ1) is 6.09. The lowest BCUT2D eigenvalue weighted by molar-refractivity contribution is -0.107. The second-order valence-corrected chi connectivity index (χ2v) is 3.35. The highest BCUT2D eigenvalue weighted by molar-refractivity contribution is 6.66. The topological polar surface area (TPSA) is 17.1 Å². The second-order valence-electron chi connectivity index (χ2n) is 2.98. The summed E-state index contributed by atoms with van der Waals surface area (Å²) in [6.45, 7) is 4.09. The molecule has 68 valence electrons. The van der Waals surface area contributed by atoms with Gasteiger partial charge in [-0.1, -0.05) is 24.3 Å². The number of carbonyl (C=O) groups is 1. The average Bonchev–Trinajstić information content (AvgIpc) is 2.07. The molecule has 0 aliphatic rings. The number of carbonyl (C=O) groups excluding carboxylic acids is 1. The van der Waals surface area contributed by atoms with Crippen LogP contribution in [-0.2, 0) is 4.79 Å². The van der Waals surface area contributed by atoms with E-state index in [0.29, 0.717) is 0 Å². The number of allylic oxidation sites excluding steroid dienone is 1.